The Morgan fingerprint density at radius 3 is 2.73 bits per heavy atom. The number of carbonyl (C=O) groups is 1. The van der Waals surface area contributed by atoms with Gasteiger partial charge in [0.15, 0.2) is 0 Å². The van der Waals surface area contributed by atoms with E-state index < -0.39 is 0 Å². The molecule has 0 saturated carbocycles. The van der Waals surface area contributed by atoms with E-state index in [9.17, 15) is 9.18 Å². The number of likely N-dealkylation sites (N-methyl/N-ethyl adjacent to an activating group) is 1. The zero-order chi connectivity index (χ0) is 18.5. The first kappa shape index (κ1) is 18.1. The summed E-state index contributed by atoms with van der Waals surface area (Å²) < 4.78 is 19.6. The van der Waals surface area contributed by atoms with Gasteiger partial charge in [-0.3, -0.25) is 9.89 Å². The second-order valence-electron chi connectivity index (χ2n) is 5.71. The second-order valence-corrected chi connectivity index (χ2v) is 6.62. The number of aromatic amines is 1. The van der Waals surface area contributed by atoms with Gasteiger partial charge in [0.25, 0.3) is 5.91 Å². The molecule has 1 N–H and O–H groups in total. The minimum Gasteiger partial charge on any atom is -0.492 e. The molecule has 0 atom stereocenters. The highest BCUT2D eigenvalue weighted by Crippen LogP contribution is 2.21. The lowest BCUT2D eigenvalue weighted by Crippen LogP contribution is -2.31. The van der Waals surface area contributed by atoms with Crippen molar-refractivity contribution >= 4 is 21.8 Å². The molecule has 134 valence electrons. The van der Waals surface area contributed by atoms with Gasteiger partial charge in [0, 0.05) is 23.2 Å². The van der Waals surface area contributed by atoms with Gasteiger partial charge in [0.1, 0.15) is 23.9 Å². The normalized spacial score (nSPS) is 10.6. The number of amides is 1. The summed E-state index contributed by atoms with van der Waals surface area (Å²) >= 11 is 3.39. The number of carbonyl (C=O) groups excluding carboxylic acids is 1. The smallest absolute Gasteiger partial charge is 0.271 e. The fourth-order valence-electron chi connectivity index (χ4n) is 2.36. The number of rotatable bonds is 6. The lowest BCUT2D eigenvalue weighted by atomic mass is 10.1. The molecule has 0 aliphatic carbocycles. The largest absolute Gasteiger partial charge is 0.492 e. The van der Waals surface area contributed by atoms with Crippen LogP contribution >= 0.6 is 15.9 Å². The fourth-order valence-corrected chi connectivity index (χ4v) is 2.63. The lowest BCUT2D eigenvalue weighted by molar-refractivity contribution is 0.0768. The Hall–Kier alpha value is -2.67. The van der Waals surface area contributed by atoms with E-state index in [0.717, 1.165) is 10.0 Å². The van der Waals surface area contributed by atoms with Gasteiger partial charge in [-0.05, 0) is 30.3 Å². The Labute approximate surface area is 158 Å². The number of nitrogens with zero attached hydrogens (tertiary/aromatic N) is 2. The first-order valence-electron chi connectivity index (χ1n) is 7.98. The molecular weight excluding hydrogens is 401 g/mol. The van der Waals surface area contributed by atoms with Crippen molar-refractivity contribution in [2.24, 2.45) is 0 Å². The third kappa shape index (κ3) is 4.49. The highest BCUT2D eigenvalue weighted by molar-refractivity contribution is 9.10. The summed E-state index contributed by atoms with van der Waals surface area (Å²) in [6.45, 7) is 0.626. The number of H-pyrrole nitrogens is 1. The van der Waals surface area contributed by atoms with Crippen molar-refractivity contribution < 1.29 is 13.9 Å². The van der Waals surface area contributed by atoms with Crippen LogP contribution in [0.2, 0.25) is 0 Å². The number of benzene rings is 2. The molecule has 0 aliphatic rings. The van der Waals surface area contributed by atoms with Crippen LogP contribution in [0.5, 0.6) is 5.75 Å². The Morgan fingerprint density at radius 2 is 2.00 bits per heavy atom. The van der Waals surface area contributed by atoms with Crippen LogP contribution in [0.15, 0.2) is 59.1 Å². The zero-order valence-corrected chi connectivity index (χ0v) is 15.7. The molecule has 0 aliphatic heterocycles. The highest BCUT2D eigenvalue weighted by Gasteiger charge is 2.15. The maximum absolute atomic E-state index is 13.1. The first-order valence-corrected chi connectivity index (χ1v) is 8.77. The second kappa shape index (κ2) is 8.14. The number of hydrogen-bond acceptors (Lipinski definition) is 3. The zero-order valence-electron chi connectivity index (χ0n) is 14.1. The van der Waals surface area contributed by atoms with E-state index in [4.69, 9.17) is 4.74 Å². The average Bonchev–Trinajstić information content (AvgIpc) is 3.11. The third-order valence-corrected chi connectivity index (χ3v) is 4.32. The molecule has 2 aromatic carbocycles. The van der Waals surface area contributed by atoms with E-state index >= 15 is 0 Å². The van der Waals surface area contributed by atoms with Crippen molar-refractivity contribution in [3.05, 3.63) is 70.6 Å². The van der Waals surface area contributed by atoms with Crippen molar-refractivity contribution in [3.63, 3.8) is 0 Å². The minimum absolute atomic E-state index is 0.191. The van der Waals surface area contributed by atoms with E-state index in [0.29, 0.717) is 23.7 Å². The van der Waals surface area contributed by atoms with E-state index in [1.165, 1.54) is 17.0 Å². The fraction of sp³-hybridized carbons (Fsp3) is 0.158. The number of ether oxygens (including phenoxy) is 1. The van der Waals surface area contributed by atoms with Crippen LogP contribution in [-0.4, -0.2) is 41.2 Å². The van der Waals surface area contributed by atoms with Crippen LogP contribution in [0.3, 0.4) is 0 Å². The molecule has 3 aromatic rings. The molecule has 5 nitrogen and oxygen atoms in total. The molecule has 0 bridgehead atoms. The molecule has 0 spiro atoms. The Balaban J connectivity index is 1.57. The van der Waals surface area contributed by atoms with Crippen molar-refractivity contribution in [1.29, 1.82) is 0 Å². The topological polar surface area (TPSA) is 58.2 Å². The van der Waals surface area contributed by atoms with Crippen LogP contribution < -0.4 is 4.74 Å². The Morgan fingerprint density at radius 1 is 1.23 bits per heavy atom. The van der Waals surface area contributed by atoms with E-state index in [2.05, 4.69) is 26.1 Å². The highest BCUT2D eigenvalue weighted by atomic mass is 79.9. The van der Waals surface area contributed by atoms with E-state index in [1.807, 2.05) is 24.3 Å². The van der Waals surface area contributed by atoms with Gasteiger partial charge in [-0.1, -0.05) is 34.1 Å². The molecule has 0 radical (unpaired) electrons. The van der Waals surface area contributed by atoms with Crippen LogP contribution in [0, 0.1) is 5.82 Å². The molecule has 1 aromatic heterocycles. The van der Waals surface area contributed by atoms with Gasteiger partial charge in [0.2, 0.25) is 0 Å². The van der Waals surface area contributed by atoms with Crippen LogP contribution in [0.4, 0.5) is 4.39 Å². The summed E-state index contributed by atoms with van der Waals surface area (Å²) in [5, 5.41) is 6.97. The Bertz CT molecular complexity index is 896. The summed E-state index contributed by atoms with van der Waals surface area (Å²) in [5.74, 6) is -0.113. The molecule has 0 unspecified atom stereocenters. The van der Waals surface area contributed by atoms with Gasteiger partial charge in [0.05, 0.1) is 12.2 Å². The SMILES string of the molecule is CN(CCOc1cccc(F)c1)C(=O)c1cc(-c2ccc(Br)cc2)n[nH]1. The summed E-state index contributed by atoms with van der Waals surface area (Å²) in [7, 11) is 1.68. The molecule has 0 fully saturated rings. The van der Waals surface area contributed by atoms with Gasteiger partial charge in [-0.25, -0.2) is 4.39 Å². The summed E-state index contributed by atoms with van der Waals surface area (Å²) in [4.78, 5) is 14.0. The predicted molar refractivity (Wildman–Crippen MR) is 101 cm³/mol. The predicted octanol–water partition coefficient (Wildman–Crippen LogP) is 4.13. The summed E-state index contributed by atoms with van der Waals surface area (Å²) in [6.07, 6.45) is 0. The van der Waals surface area contributed by atoms with Crippen LogP contribution in [-0.2, 0) is 0 Å². The minimum atomic E-state index is -0.357. The van der Waals surface area contributed by atoms with Gasteiger partial charge in [-0.15, -0.1) is 0 Å². The average molecular weight is 418 g/mol. The van der Waals surface area contributed by atoms with Gasteiger partial charge >= 0.3 is 0 Å². The Kier molecular flexibility index (Phi) is 5.68. The summed E-state index contributed by atoms with van der Waals surface area (Å²) in [6, 6.07) is 15.3. The number of nitrogens with one attached hydrogen (secondary N) is 1. The molecule has 7 heteroatoms. The number of aromatic nitrogens is 2. The van der Waals surface area contributed by atoms with E-state index in [-0.39, 0.29) is 18.3 Å². The summed E-state index contributed by atoms with van der Waals surface area (Å²) in [5.41, 5.74) is 2.02. The number of hydrogen-bond donors (Lipinski definition) is 1. The van der Waals surface area contributed by atoms with Gasteiger partial charge < -0.3 is 9.64 Å². The molecule has 3 rings (SSSR count). The molecule has 1 amide bonds. The van der Waals surface area contributed by atoms with E-state index in [1.54, 1.807) is 25.2 Å². The standard InChI is InChI=1S/C19H17BrFN3O2/c1-24(9-10-26-16-4-2-3-15(21)11-16)19(25)18-12-17(22-23-18)13-5-7-14(20)8-6-13/h2-8,11-12H,9-10H2,1H3,(H,22,23). The van der Waals surface area contributed by atoms with Crippen LogP contribution in [0.25, 0.3) is 11.3 Å². The molecule has 1 heterocycles. The van der Waals surface area contributed by atoms with Crippen molar-refractivity contribution in [2.75, 3.05) is 20.2 Å². The molecular formula is C19H17BrFN3O2. The van der Waals surface area contributed by atoms with Gasteiger partial charge in [-0.2, -0.15) is 5.10 Å². The first-order chi connectivity index (χ1) is 12.5. The monoisotopic (exact) mass is 417 g/mol. The van der Waals surface area contributed by atoms with Crippen molar-refractivity contribution in [2.45, 2.75) is 0 Å². The van der Waals surface area contributed by atoms with Crippen molar-refractivity contribution in [1.82, 2.24) is 15.1 Å². The quantitative estimate of drug-likeness (QED) is 0.655. The lowest BCUT2D eigenvalue weighted by Gasteiger charge is -2.16. The maximum Gasteiger partial charge on any atom is 0.271 e. The molecule has 0 saturated heterocycles. The maximum atomic E-state index is 13.1. The molecule has 26 heavy (non-hydrogen) atoms. The van der Waals surface area contributed by atoms with Crippen LogP contribution in [0.1, 0.15) is 10.5 Å². The van der Waals surface area contributed by atoms with Crippen molar-refractivity contribution in [3.8, 4) is 17.0 Å². The third-order valence-electron chi connectivity index (χ3n) is 3.79. The number of halogens is 2.